The van der Waals surface area contributed by atoms with E-state index in [0.717, 1.165) is 0 Å². The van der Waals surface area contributed by atoms with E-state index in [1.807, 2.05) is 0 Å². The Morgan fingerprint density at radius 2 is 1.66 bits per heavy atom. The predicted molar refractivity (Wildman–Crippen MR) is 120 cm³/mol. The first kappa shape index (κ1) is 25.8. The number of carbonyl (C=O) groups is 2. The molecule has 2 aliphatic rings. The van der Waals surface area contributed by atoms with E-state index in [1.54, 1.807) is 18.2 Å². The number of aromatic amines is 1. The van der Waals surface area contributed by atoms with Crippen LogP contribution in [0.15, 0.2) is 36.4 Å². The third-order valence-electron chi connectivity index (χ3n) is 7.04. The standard InChI is InChI=1S/C24H21F6N5O3/c25-23(26,27)16-3-12(4-17(8-16)24(28,29)30)11-38-22(37)35-10-15-6-18(35)5-14(15)9-31-21(36)13-1-2-19-20(7-13)33-34-32-19/h1-4,7-8,14-15,18H,5-6,9-11H2,(H,31,36)(H,32,33,34)/t14?,15-,18+/m0/s1. The van der Waals surface area contributed by atoms with E-state index < -0.39 is 41.7 Å². The largest absolute Gasteiger partial charge is 0.445 e. The Hall–Kier alpha value is -3.84. The van der Waals surface area contributed by atoms with Gasteiger partial charge in [0.2, 0.25) is 0 Å². The van der Waals surface area contributed by atoms with E-state index in [4.69, 9.17) is 4.74 Å². The number of hydrogen-bond donors (Lipinski definition) is 2. The van der Waals surface area contributed by atoms with Crippen LogP contribution in [-0.4, -0.2) is 51.4 Å². The highest BCUT2D eigenvalue weighted by atomic mass is 19.4. The first-order valence-electron chi connectivity index (χ1n) is 11.7. The Labute approximate surface area is 211 Å². The Morgan fingerprint density at radius 3 is 2.29 bits per heavy atom. The van der Waals surface area contributed by atoms with Gasteiger partial charge in [0.25, 0.3) is 5.91 Å². The smallest absolute Gasteiger partial charge is 0.416 e. The highest BCUT2D eigenvalue weighted by Gasteiger charge is 2.47. The first-order valence-corrected chi connectivity index (χ1v) is 11.7. The van der Waals surface area contributed by atoms with E-state index in [2.05, 4.69) is 20.7 Å². The van der Waals surface area contributed by atoms with Crippen LogP contribution < -0.4 is 5.32 Å². The zero-order valence-corrected chi connectivity index (χ0v) is 19.6. The number of hydrogen-bond acceptors (Lipinski definition) is 5. The third kappa shape index (κ3) is 5.24. The number of fused-ring (bicyclic) bond motifs is 3. The van der Waals surface area contributed by atoms with Crippen LogP contribution in [0, 0.1) is 11.8 Å². The Kier molecular flexibility index (Phi) is 6.43. The molecule has 38 heavy (non-hydrogen) atoms. The summed E-state index contributed by atoms with van der Waals surface area (Å²) in [6.07, 6.45) is -9.51. The fourth-order valence-electron chi connectivity index (χ4n) is 5.17. The number of ether oxygens (including phenoxy) is 1. The quantitative estimate of drug-likeness (QED) is 0.454. The molecule has 1 unspecified atom stereocenters. The van der Waals surface area contributed by atoms with Crippen molar-refractivity contribution in [2.45, 2.75) is 37.8 Å². The third-order valence-corrected chi connectivity index (χ3v) is 7.04. The number of nitrogens with zero attached hydrogens (tertiary/aromatic N) is 3. The number of alkyl halides is 6. The van der Waals surface area contributed by atoms with Crippen LogP contribution >= 0.6 is 0 Å². The average Bonchev–Trinajstić information content (AvgIpc) is 3.60. The van der Waals surface area contributed by atoms with Crippen molar-refractivity contribution in [2.75, 3.05) is 13.1 Å². The molecule has 0 radical (unpaired) electrons. The lowest BCUT2D eigenvalue weighted by atomic mass is 9.94. The molecule has 1 saturated heterocycles. The molecule has 202 valence electrons. The van der Waals surface area contributed by atoms with Crippen LogP contribution in [0.25, 0.3) is 11.0 Å². The summed E-state index contributed by atoms with van der Waals surface area (Å²) in [6.45, 7) is -0.00933. The number of likely N-dealkylation sites (tertiary alicyclic amines) is 1. The fraction of sp³-hybridized carbons (Fsp3) is 0.417. The molecule has 1 saturated carbocycles. The predicted octanol–water partition coefficient (Wildman–Crippen LogP) is 4.77. The van der Waals surface area contributed by atoms with Gasteiger partial charge in [-0.25, -0.2) is 4.79 Å². The van der Waals surface area contributed by atoms with Gasteiger partial charge in [0.15, 0.2) is 0 Å². The summed E-state index contributed by atoms with van der Waals surface area (Å²) in [5, 5.41) is 13.3. The van der Waals surface area contributed by atoms with Gasteiger partial charge in [-0.1, -0.05) is 0 Å². The maximum absolute atomic E-state index is 13.1. The maximum Gasteiger partial charge on any atom is 0.416 e. The molecule has 1 aromatic heterocycles. The molecule has 2 fully saturated rings. The average molecular weight is 541 g/mol. The van der Waals surface area contributed by atoms with Crippen LogP contribution in [0.3, 0.4) is 0 Å². The van der Waals surface area contributed by atoms with E-state index in [0.29, 0.717) is 54.7 Å². The summed E-state index contributed by atoms with van der Waals surface area (Å²) in [7, 11) is 0. The number of halogens is 6. The zero-order valence-electron chi connectivity index (χ0n) is 19.6. The molecule has 2 N–H and O–H groups in total. The monoisotopic (exact) mass is 541 g/mol. The van der Waals surface area contributed by atoms with Crippen LogP contribution in [0.1, 0.15) is 39.9 Å². The normalized spacial score (nSPS) is 21.2. The summed E-state index contributed by atoms with van der Waals surface area (Å²) in [4.78, 5) is 26.6. The van der Waals surface area contributed by atoms with Gasteiger partial charge >= 0.3 is 18.4 Å². The lowest BCUT2D eigenvalue weighted by Crippen LogP contribution is -2.43. The highest BCUT2D eigenvalue weighted by Crippen LogP contribution is 2.42. The number of rotatable bonds is 5. The van der Waals surface area contributed by atoms with Gasteiger partial charge in [-0.15, -0.1) is 0 Å². The minimum atomic E-state index is -4.98. The second kappa shape index (κ2) is 9.48. The van der Waals surface area contributed by atoms with Gasteiger partial charge in [0.1, 0.15) is 17.6 Å². The van der Waals surface area contributed by atoms with Gasteiger partial charge in [-0.3, -0.25) is 4.79 Å². The molecule has 2 amide bonds. The number of H-pyrrole nitrogens is 1. The van der Waals surface area contributed by atoms with Crippen molar-refractivity contribution in [3.8, 4) is 0 Å². The van der Waals surface area contributed by atoms with Crippen molar-refractivity contribution in [3.05, 3.63) is 58.7 Å². The van der Waals surface area contributed by atoms with Gasteiger partial charge in [0.05, 0.1) is 11.1 Å². The Morgan fingerprint density at radius 1 is 0.974 bits per heavy atom. The lowest BCUT2D eigenvalue weighted by molar-refractivity contribution is -0.143. The molecule has 8 nitrogen and oxygen atoms in total. The fourth-order valence-corrected chi connectivity index (χ4v) is 5.17. The molecule has 1 aliphatic heterocycles. The molecular formula is C24H21F6N5O3. The summed E-state index contributed by atoms with van der Waals surface area (Å²) in [5.74, 6) is -0.0777. The number of aromatic nitrogens is 3. The van der Waals surface area contributed by atoms with Crippen molar-refractivity contribution in [1.82, 2.24) is 25.6 Å². The summed E-state index contributed by atoms with van der Waals surface area (Å²) >= 11 is 0. The molecule has 3 aromatic rings. The summed E-state index contributed by atoms with van der Waals surface area (Å²) < 4.78 is 83.5. The molecule has 3 atom stereocenters. The summed E-state index contributed by atoms with van der Waals surface area (Å²) in [6, 6.07) is 5.85. The number of carbonyl (C=O) groups excluding carboxylic acids is 2. The van der Waals surface area contributed by atoms with Gasteiger partial charge < -0.3 is 15.0 Å². The highest BCUT2D eigenvalue weighted by molar-refractivity contribution is 5.97. The first-order chi connectivity index (χ1) is 17.9. The molecule has 5 rings (SSSR count). The van der Waals surface area contributed by atoms with E-state index in [1.165, 1.54) is 4.90 Å². The lowest BCUT2D eigenvalue weighted by Gasteiger charge is -2.31. The second-order valence-corrected chi connectivity index (χ2v) is 9.50. The van der Waals surface area contributed by atoms with E-state index >= 15 is 0 Å². The minimum absolute atomic E-state index is 0.0242. The van der Waals surface area contributed by atoms with Crippen molar-refractivity contribution >= 4 is 23.0 Å². The molecule has 2 heterocycles. The van der Waals surface area contributed by atoms with Crippen LogP contribution in [0.2, 0.25) is 0 Å². The molecule has 1 aliphatic carbocycles. The molecule has 2 aromatic carbocycles. The van der Waals surface area contributed by atoms with Gasteiger partial charge in [0, 0.05) is 24.7 Å². The molecule has 2 bridgehead atoms. The topological polar surface area (TPSA) is 100 Å². The number of nitrogens with one attached hydrogen (secondary N) is 2. The van der Waals surface area contributed by atoms with Crippen LogP contribution in [0.5, 0.6) is 0 Å². The maximum atomic E-state index is 13.1. The summed E-state index contributed by atoms with van der Waals surface area (Å²) in [5.41, 5.74) is -1.71. The number of piperidine rings is 1. The van der Waals surface area contributed by atoms with Crippen LogP contribution in [0.4, 0.5) is 31.1 Å². The molecular weight excluding hydrogens is 520 g/mol. The van der Waals surface area contributed by atoms with Gasteiger partial charge in [-0.2, -0.15) is 41.8 Å². The molecule has 0 spiro atoms. The molecule has 14 heteroatoms. The SMILES string of the molecule is O=C(NCC1C[C@@H]2C[C@H]1CN2C(=O)OCc1cc(C(F)(F)F)cc(C(F)(F)F)c1)c1ccc2n[nH]nc2c1. The van der Waals surface area contributed by atoms with E-state index in [9.17, 15) is 35.9 Å². The number of amides is 2. The number of benzene rings is 2. The van der Waals surface area contributed by atoms with Crippen LogP contribution in [-0.2, 0) is 23.7 Å². The second-order valence-electron chi connectivity index (χ2n) is 9.50. The Balaban J connectivity index is 1.15. The van der Waals surface area contributed by atoms with E-state index in [-0.39, 0.29) is 29.9 Å². The zero-order chi connectivity index (χ0) is 27.2. The minimum Gasteiger partial charge on any atom is -0.445 e. The van der Waals surface area contributed by atoms with Crippen molar-refractivity contribution in [2.24, 2.45) is 11.8 Å². The van der Waals surface area contributed by atoms with Crippen molar-refractivity contribution < 1.29 is 40.7 Å². The van der Waals surface area contributed by atoms with Crippen molar-refractivity contribution in [1.29, 1.82) is 0 Å². The Bertz CT molecular complexity index is 1340. The van der Waals surface area contributed by atoms with Crippen molar-refractivity contribution in [3.63, 3.8) is 0 Å². The van der Waals surface area contributed by atoms with Gasteiger partial charge in [-0.05, 0) is 66.6 Å².